The first-order valence-electron chi connectivity index (χ1n) is 8.26. The van der Waals surface area contributed by atoms with Crippen molar-refractivity contribution in [3.8, 4) is 22.6 Å². The molecule has 0 saturated heterocycles. The van der Waals surface area contributed by atoms with Gasteiger partial charge in [0.15, 0.2) is 11.5 Å². The van der Waals surface area contributed by atoms with Crippen molar-refractivity contribution < 1.29 is 19.0 Å². The van der Waals surface area contributed by atoms with E-state index in [9.17, 15) is 4.79 Å². The van der Waals surface area contributed by atoms with Gasteiger partial charge in [0.1, 0.15) is 6.61 Å². The smallest absolute Gasteiger partial charge is 0.338 e. The standard InChI is InChI=1S/C21H16O4/c1-11-5-14-7-16-17(9-23-21(16)22)20(15(14)6-12(11)2)13-3-4-18-19(8-13)25-10-24-18/h3-8H,9-10H2,1-2H3. The third-order valence-corrected chi connectivity index (χ3v) is 5.09. The van der Waals surface area contributed by atoms with Crippen LogP contribution in [0.25, 0.3) is 21.9 Å². The van der Waals surface area contributed by atoms with Gasteiger partial charge in [-0.15, -0.1) is 0 Å². The summed E-state index contributed by atoms with van der Waals surface area (Å²) < 4.78 is 16.3. The number of benzene rings is 3. The molecule has 2 heterocycles. The zero-order valence-electron chi connectivity index (χ0n) is 14.0. The van der Waals surface area contributed by atoms with Gasteiger partial charge < -0.3 is 14.2 Å². The maximum Gasteiger partial charge on any atom is 0.338 e. The lowest BCUT2D eigenvalue weighted by molar-refractivity contribution is 0.0535. The molecule has 0 amide bonds. The maximum atomic E-state index is 12.2. The molecule has 4 heteroatoms. The minimum absolute atomic E-state index is 0.242. The first-order valence-corrected chi connectivity index (χ1v) is 8.26. The Bertz CT molecular complexity index is 1070. The number of carbonyl (C=O) groups is 1. The Morgan fingerprint density at radius 3 is 2.56 bits per heavy atom. The number of hydrogen-bond acceptors (Lipinski definition) is 4. The van der Waals surface area contributed by atoms with Crippen molar-refractivity contribution in [3.05, 3.63) is 58.7 Å². The number of aryl methyl sites for hydroxylation is 2. The summed E-state index contributed by atoms with van der Waals surface area (Å²) in [6.07, 6.45) is 0. The van der Waals surface area contributed by atoms with Gasteiger partial charge in [0.2, 0.25) is 6.79 Å². The van der Waals surface area contributed by atoms with E-state index >= 15 is 0 Å². The molecule has 0 bridgehead atoms. The number of cyclic esters (lactones) is 1. The average Bonchev–Trinajstić information content (AvgIpc) is 3.21. The lowest BCUT2D eigenvalue weighted by Gasteiger charge is -2.14. The Balaban J connectivity index is 1.87. The lowest BCUT2D eigenvalue weighted by Crippen LogP contribution is -1.96. The van der Waals surface area contributed by atoms with Gasteiger partial charge in [-0.25, -0.2) is 4.79 Å². The topological polar surface area (TPSA) is 44.8 Å². The predicted octanol–water partition coefficient (Wildman–Crippen LogP) is 4.52. The van der Waals surface area contributed by atoms with Crippen molar-refractivity contribution in [2.24, 2.45) is 0 Å². The number of ether oxygens (including phenoxy) is 3. The highest BCUT2D eigenvalue weighted by Crippen LogP contribution is 2.42. The van der Waals surface area contributed by atoms with Crippen LogP contribution in [0.5, 0.6) is 11.5 Å². The molecule has 4 nitrogen and oxygen atoms in total. The zero-order chi connectivity index (χ0) is 17.1. The van der Waals surface area contributed by atoms with Crippen LogP contribution in [0.3, 0.4) is 0 Å². The molecule has 2 aliphatic rings. The molecule has 3 aromatic rings. The second-order valence-electron chi connectivity index (χ2n) is 6.58. The van der Waals surface area contributed by atoms with Gasteiger partial charge in [0.25, 0.3) is 0 Å². The van der Waals surface area contributed by atoms with E-state index in [1.807, 2.05) is 24.3 Å². The summed E-state index contributed by atoms with van der Waals surface area (Å²) in [6, 6.07) is 12.2. The molecule has 2 aliphatic heterocycles. The molecule has 0 aromatic heterocycles. The highest BCUT2D eigenvalue weighted by Gasteiger charge is 2.27. The minimum Gasteiger partial charge on any atom is -0.457 e. The van der Waals surface area contributed by atoms with E-state index in [2.05, 4.69) is 26.0 Å². The van der Waals surface area contributed by atoms with Crippen LogP contribution in [-0.4, -0.2) is 12.8 Å². The summed E-state index contributed by atoms with van der Waals surface area (Å²) in [4.78, 5) is 12.2. The fraction of sp³-hybridized carbons (Fsp3) is 0.190. The van der Waals surface area contributed by atoms with Crippen LogP contribution in [0.2, 0.25) is 0 Å². The van der Waals surface area contributed by atoms with Crippen LogP contribution in [0.15, 0.2) is 36.4 Å². The van der Waals surface area contributed by atoms with Crippen molar-refractivity contribution in [1.29, 1.82) is 0 Å². The normalized spacial score (nSPS) is 14.7. The summed E-state index contributed by atoms with van der Waals surface area (Å²) in [5.41, 5.74) is 6.07. The Labute approximate surface area is 144 Å². The van der Waals surface area contributed by atoms with Crippen molar-refractivity contribution >= 4 is 16.7 Å². The first-order chi connectivity index (χ1) is 12.1. The van der Waals surface area contributed by atoms with Crippen molar-refractivity contribution in [2.45, 2.75) is 20.5 Å². The predicted molar refractivity (Wildman–Crippen MR) is 94.1 cm³/mol. The quantitative estimate of drug-likeness (QED) is 0.615. The number of fused-ring (bicyclic) bond motifs is 3. The van der Waals surface area contributed by atoms with Crippen LogP contribution in [0, 0.1) is 13.8 Å². The molecule has 0 N–H and O–H groups in total. The SMILES string of the molecule is Cc1cc2cc3c(c(-c4ccc5c(c4)OCO5)c2cc1C)COC3=O. The Hall–Kier alpha value is -3.01. The van der Waals surface area contributed by atoms with Gasteiger partial charge >= 0.3 is 5.97 Å². The van der Waals surface area contributed by atoms with Gasteiger partial charge in [-0.3, -0.25) is 0 Å². The van der Waals surface area contributed by atoms with Gasteiger partial charge in [-0.2, -0.15) is 0 Å². The number of carbonyl (C=O) groups excluding carboxylic acids is 1. The van der Waals surface area contributed by atoms with E-state index in [-0.39, 0.29) is 12.8 Å². The number of esters is 1. The number of hydrogen-bond donors (Lipinski definition) is 0. The average molecular weight is 332 g/mol. The molecule has 25 heavy (non-hydrogen) atoms. The van der Waals surface area contributed by atoms with E-state index in [0.29, 0.717) is 12.2 Å². The molecular weight excluding hydrogens is 316 g/mol. The highest BCUT2D eigenvalue weighted by molar-refractivity contribution is 6.07. The Morgan fingerprint density at radius 1 is 0.880 bits per heavy atom. The fourth-order valence-electron chi connectivity index (χ4n) is 3.64. The lowest BCUT2D eigenvalue weighted by atomic mass is 9.89. The largest absolute Gasteiger partial charge is 0.457 e. The van der Waals surface area contributed by atoms with E-state index in [1.54, 1.807) is 0 Å². The second kappa shape index (κ2) is 4.99. The number of rotatable bonds is 1. The molecule has 124 valence electrons. The molecular formula is C21H16O4. The van der Waals surface area contributed by atoms with E-state index in [0.717, 1.165) is 39.0 Å². The molecule has 0 radical (unpaired) electrons. The summed E-state index contributed by atoms with van der Waals surface area (Å²) in [5.74, 6) is 1.23. The van der Waals surface area contributed by atoms with Crippen LogP contribution in [0.1, 0.15) is 27.0 Å². The third kappa shape index (κ3) is 2.03. The van der Waals surface area contributed by atoms with Crippen LogP contribution in [0.4, 0.5) is 0 Å². The Morgan fingerprint density at radius 2 is 1.68 bits per heavy atom. The van der Waals surface area contributed by atoms with Gasteiger partial charge in [0, 0.05) is 5.56 Å². The van der Waals surface area contributed by atoms with Crippen molar-refractivity contribution in [3.63, 3.8) is 0 Å². The van der Waals surface area contributed by atoms with Crippen molar-refractivity contribution in [1.82, 2.24) is 0 Å². The summed E-state index contributed by atoms with van der Waals surface area (Å²) in [7, 11) is 0. The zero-order valence-corrected chi connectivity index (χ0v) is 14.0. The van der Waals surface area contributed by atoms with Crippen LogP contribution >= 0.6 is 0 Å². The Kier molecular flexibility index (Phi) is 2.86. The van der Waals surface area contributed by atoms with Crippen LogP contribution < -0.4 is 9.47 Å². The monoisotopic (exact) mass is 332 g/mol. The van der Waals surface area contributed by atoms with E-state index < -0.39 is 0 Å². The molecule has 0 unspecified atom stereocenters. The maximum absolute atomic E-state index is 12.2. The summed E-state index contributed by atoms with van der Waals surface area (Å²) in [5, 5.41) is 2.17. The van der Waals surface area contributed by atoms with Gasteiger partial charge in [-0.1, -0.05) is 18.2 Å². The minimum atomic E-state index is -0.253. The second-order valence-corrected chi connectivity index (χ2v) is 6.58. The molecule has 3 aromatic carbocycles. The molecule has 0 fully saturated rings. The van der Waals surface area contributed by atoms with Crippen molar-refractivity contribution in [2.75, 3.05) is 6.79 Å². The molecule has 0 atom stereocenters. The molecule has 5 rings (SSSR count). The first kappa shape index (κ1) is 14.3. The fourth-order valence-corrected chi connectivity index (χ4v) is 3.64. The summed E-state index contributed by atoms with van der Waals surface area (Å²) in [6.45, 7) is 4.74. The van der Waals surface area contributed by atoms with E-state index in [1.165, 1.54) is 11.1 Å². The summed E-state index contributed by atoms with van der Waals surface area (Å²) >= 11 is 0. The molecule has 0 spiro atoms. The van der Waals surface area contributed by atoms with Crippen LogP contribution in [-0.2, 0) is 11.3 Å². The third-order valence-electron chi connectivity index (χ3n) is 5.09. The highest BCUT2D eigenvalue weighted by atomic mass is 16.7. The van der Waals surface area contributed by atoms with E-state index in [4.69, 9.17) is 14.2 Å². The molecule has 0 saturated carbocycles. The van der Waals surface area contributed by atoms with Gasteiger partial charge in [0.05, 0.1) is 5.56 Å². The van der Waals surface area contributed by atoms with Gasteiger partial charge in [-0.05, 0) is 65.1 Å². The molecule has 0 aliphatic carbocycles.